The quantitative estimate of drug-likeness (QED) is 0.632. The van der Waals surface area contributed by atoms with Crippen LogP contribution in [0.25, 0.3) is 11.6 Å². The van der Waals surface area contributed by atoms with Crippen molar-refractivity contribution in [3.05, 3.63) is 48.0 Å². The van der Waals surface area contributed by atoms with Crippen LogP contribution in [0, 0.1) is 6.92 Å². The molecule has 27 heavy (non-hydrogen) atoms. The van der Waals surface area contributed by atoms with Crippen LogP contribution >= 0.6 is 0 Å². The van der Waals surface area contributed by atoms with E-state index in [0.717, 1.165) is 0 Å². The van der Waals surface area contributed by atoms with Crippen molar-refractivity contribution >= 4 is 21.6 Å². The maximum atomic E-state index is 12.2. The highest BCUT2D eigenvalue weighted by molar-refractivity contribution is 7.89. The minimum absolute atomic E-state index is 0.0990. The smallest absolute Gasteiger partial charge is 0.240 e. The number of carbonyl (C=O) groups excluding carboxylic acids is 1. The van der Waals surface area contributed by atoms with Crippen molar-refractivity contribution in [3.8, 4) is 11.6 Å². The van der Waals surface area contributed by atoms with Gasteiger partial charge in [-0.05, 0) is 43.8 Å². The molecule has 2 heterocycles. The molecule has 142 valence electrons. The molecule has 2 aromatic heterocycles. The third kappa shape index (κ3) is 4.41. The number of nitrogens with zero attached hydrogens (tertiary/aromatic N) is 2. The predicted octanol–water partition coefficient (Wildman–Crippen LogP) is 2.12. The van der Waals surface area contributed by atoms with Crippen molar-refractivity contribution in [1.29, 1.82) is 0 Å². The first kappa shape index (κ1) is 18.8. The molecular formula is C17H18N4O5S. The number of aromatic nitrogens is 2. The lowest BCUT2D eigenvalue weighted by Gasteiger charge is -2.10. The molecule has 0 bridgehead atoms. The zero-order valence-corrected chi connectivity index (χ0v) is 15.5. The SMILES string of the molecule is CNS(=O)(=O)c1cc(NC(=O)CCc2nc(-c3ccco3)no2)ccc1C. The summed E-state index contributed by atoms with van der Waals surface area (Å²) in [7, 11) is -2.27. The van der Waals surface area contributed by atoms with Gasteiger partial charge in [-0.3, -0.25) is 4.79 Å². The Kier molecular flexibility index (Phi) is 5.38. The summed E-state index contributed by atoms with van der Waals surface area (Å²) in [6, 6.07) is 8.11. The summed E-state index contributed by atoms with van der Waals surface area (Å²) in [6.45, 7) is 1.68. The number of rotatable bonds is 7. The summed E-state index contributed by atoms with van der Waals surface area (Å²) < 4.78 is 36.6. The third-order valence-corrected chi connectivity index (χ3v) is 5.36. The lowest BCUT2D eigenvalue weighted by molar-refractivity contribution is -0.116. The molecule has 3 aromatic rings. The van der Waals surface area contributed by atoms with Gasteiger partial charge < -0.3 is 14.3 Å². The summed E-state index contributed by atoms with van der Waals surface area (Å²) in [4.78, 5) is 16.4. The van der Waals surface area contributed by atoms with Gasteiger partial charge in [0.15, 0.2) is 5.76 Å². The van der Waals surface area contributed by atoms with Crippen molar-refractivity contribution in [2.24, 2.45) is 0 Å². The molecule has 0 fully saturated rings. The van der Waals surface area contributed by atoms with E-state index in [-0.39, 0.29) is 23.6 Å². The van der Waals surface area contributed by atoms with Crippen LogP contribution in [0.2, 0.25) is 0 Å². The molecule has 0 radical (unpaired) electrons. The van der Waals surface area contributed by atoms with Gasteiger partial charge in [-0.1, -0.05) is 11.2 Å². The van der Waals surface area contributed by atoms with Gasteiger partial charge in [-0.25, -0.2) is 13.1 Å². The summed E-state index contributed by atoms with van der Waals surface area (Å²) in [5.41, 5.74) is 0.972. The average Bonchev–Trinajstić information content (AvgIpc) is 3.33. The number of hydrogen-bond acceptors (Lipinski definition) is 7. The highest BCUT2D eigenvalue weighted by atomic mass is 32.2. The molecule has 0 saturated carbocycles. The van der Waals surface area contributed by atoms with Crippen LogP contribution < -0.4 is 10.0 Å². The Hall–Kier alpha value is -2.98. The number of benzene rings is 1. The molecule has 0 aliphatic heterocycles. The van der Waals surface area contributed by atoms with E-state index in [1.54, 1.807) is 31.2 Å². The van der Waals surface area contributed by atoms with Crippen LogP contribution in [-0.2, 0) is 21.2 Å². The zero-order chi connectivity index (χ0) is 19.4. The number of amides is 1. The summed E-state index contributed by atoms with van der Waals surface area (Å²) in [5, 5.41) is 6.46. The molecule has 0 spiro atoms. The molecule has 10 heteroatoms. The van der Waals surface area contributed by atoms with E-state index in [1.165, 1.54) is 19.4 Å². The van der Waals surface area contributed by atoms with Crippen LogP contribution in [0.15, 0.2) is 50.4 Å². The van der Waals surface area contributed by atoms with Crippen molar-refractivity contribution in [2.45, 2.75) is 24.7 Å². The molecule has 0 unspecified atom stereocenters. The standard InChI is InChI=1S/C17H18N4O5S/c1-11-5-6-12(10-14(11)27(23,24)18-2)19-15(22)7-8-16-20-17(21-26-16)13-4-3-9-25-13/h3-6,9-10,18H,7-8H2,1-2H3,(H,19,22). The first-order chi connectivity index (χ1) is 12.9. The van der Waals surface area contributed by atoms with Crippen molar-refractivity contribution in [2.75, 3.05) is 12.4 Å². The number of furan rings is 1. The summed E-state index contributed by atoms with van der Waals surface area (Å²) in [6.07, 6.45) is 1.84. The monoisotopic (exact) mass is 390 g/mol. The van der Waals surface area contributed by atoms with Gasteiger partial charge in [-0.15, -0.1) is 0 Å². The second-order valence-corrected chi connectivity index (χ2v) is 7.58. The Morgan fingerprint density at radius 3 is 2.78 bits per heavy atom. The second kappa shape index (κ2) is 7.72. The Morgan fingerprint density at radius 2 is 2.07 bits per heavy atom. The van der Waals surface area contributed by atoms with Crippen LogP contribution in [0.5, 0.6) is 0 Å². The molecule has 9 nitrogen and oxygen atoms in total. The number of hydrogen-bond donors (Lipinski definition) is 2. The Morgan fingerprint density at radius 1 is 1.26 bits per heavy atom. The van der Waals surface area contributed by atoms with Crippen LogP contribution in [-0.4, -0.2) is 31.5 Å². The first-order valence-electron chi connectivity index (χ1n) is 8.09. The molecule has 1 aromatic carbocycles. The van der Waals surface area contributed by atoms with Crippen LogP contribution in [0.3, 0.4) is 0 Å². The fraction of sp³-hybridized carbons (Fsp3) is 0.235. The van der Waals surface area contributed by atoms with E-state index in [1.807, 2.05) is 0 Å². The number of carbonyl (C=O) groups is 1. The van der Waals surface area contributed by atoms with Gasteiger partial charge in [0.2, 0.25) is 27.6 Å². The summed E-state index contributed by atoms with van der Waals surface area (Å²) >= 11 is 0. The largest absolute Gasteiger partial charge is 0.461 e. The van der Waals surface area contributed by atoms with Gasteiger partial charge in [0.25, 0.3) is 0 Å². The molecule has 1 amide bonds. The molecule has 0 aliphatic rings. The predicted molar refractivity (Wildman–Crippen MR) is 96.4 cm³/mol. The maximum Gasteiger partial charge on any atom is 0.240 e. The lowest BCUT2D eigenvalue weighted by Crippen LogP contribution is -2.20. The molecule has 2 N–H and O–H groups in total. The van der Waals surface area contributed by atoms with Crippen LogP contribution in [0.4, 0.5) is 5.69 Å². The second-order valence-electron chi connectivity index (χ2n) is 5.73. The molecule has 0 saturated heterocycles. The Labute approximate surface area is 155 Å². The maximum absolute atomic E-state index is 12.2. The van der Waals surface area contributed by atoms with Crippen LogP contribution in [0.1, 0.15) is 17.9 Å². The molecule has 0 aliphatic carbocycles. The zero-order valence-electron chi connectivity index (χ0n) is 14.7. The van der Waals surface area contributed by atoms with E-state index in [4.69, 9.17) is 8.94 Å². The molecule has 3 rings (SSSR count). The third-order valence-electron chi connectivity index (χ3n) is 3.81. The van der Waals surface area contributed by atoms with Gasteiger partial charge in [0, 0.05) is 18.5 Å². The van der Waals surface area contributed by atoms with Gasteiger partial charge in [0.1, 0.15) is 0 Å². The Bertz CT molecular complexity index is 1040. The first-order valence-corrected chi connectivity index (χ1v) is 9.58. The van der Waals surface area contributed by atoms with E-state index >= 15 is 0 Å². The van der Waals surface area contributed by atoms with E-state index in [9.17, 15) is 13.2 Å². The number of nitrogens with one attached hydrogen (secondary N) is 2. The van der Waals surface area contributed by atoms with Gasteiger partial charge >= 0.3 is 0 Å². The minimum Gasteiger partial charge on any atom is -0.461 e. The van der Waals surface area contributed by atoms with Gasteiger partial charge in [-0.2, -0.15) is 4.98 Å². The highest BCUT2D eigenvalue weighted by Gasteiger charge is 2.16. The van der Waals surface area contributed by atoms with Crippen molar-refractivity contribution in [1.82, 2.24) is 14.9 Å². The number of aryl methyl sites for hydroxylation is 2. The van der Waals surface area contributed by atoms with E-state index < -0.39 is 10.0 Å². The van der Waals surface area contributed by atoms with Crippen molar-refractivity contribution < 1.29 is 22.2 Å². The normalized spacial score (nSPS) is 11.5. The van der Waals surface area contributed by atoms with E-state index in [0.29, 0.717) is 28.7 Å². The summed E-state index contributed by atoms with van der Waals surface area (Å²) in [5.74, 6) is 0.798. The fourth-order valence-electron chi connectivity index (χ4n) is 2.38. The topological polar surface area (TPSA) is 127 Å². The molecular weight excluding hydrogens is 372 g/mol. The number of anilines is 1. The fourth-order valence-corrected chi connectivity index (χ4v) is 3.38. The number of sulfonamides is 1. The van der Waals surface area contributed by atoms with Gasteiger partial charge in [0.05, 0.1) is 11.2 Å². The van der Waals surface area contributed by atoms with Crippen molar-refractivity contribution in [3.63, 3.8) is 0 Å². The molecule has 0 atom stereocenters. The Balaban J connectivity index is 1.62. The highest BCUT2D eigenvalue weighted by Crippen LogP contribution is 2.20. The van der Waals surface area contributed by atoms with E-state index in [2.05, 4.69) is 20.2 Å². The minimum atomic E-state index is -3.60. The lowest BCUT2D eigenvalue weighted by atomic mass is 10.2. The average molecular weight is 390 g/mol.